The second-order valence-corrected chi connectivity index (χ2v) is 4.22. The summed E-state index contributed by atoms with van der Waals surface area (Å²) in [5.74, 6) is -1.09. The Morgan fingerprint density at radius 3 is 2.64 bits per heavy atom. The zero-order valence-corrected chi connectivity index (χ0v) is 8.16. The Labute approximate surface area is 82.2 Å². The first-order valence-corrected chi connectivity index (χ1v) is 5.05. The summed E-state index contributed by atoms with van der Waals surface area (Å²) in [6, 6.07) is 0. The summed E-state index contributed by atoms with van der Waals surface area (Å²) in [4.78, 5) is 22.5. The maximum atomic E-state index is 11.4. The number of aliphatic carboxylic acids is 1. The highest BCUT2D eigenvalue weighted by atomic mass is 16.6. The van der Waals surface area contributed by atoms with Gasteiger partial charge in [0.25, 0.3) is 0 Å². The van der Waals surface area contributed by atoms with Crippen LogP contribution in [0, 0.1) is 11.8 Å². The lowest BCUT2D eigenvalue weighted by Crippen LogP contribution is -2.37. The summed E-state index contributed by atoms with van der Waals surface area (Å²) in [7, 11) is 0. The van der Waals surface area contributed by atoms with Gasteiger partial charge in [-0.05, 0) is 25.2 Å². The van der Waals surface area contributed by atoms with Gasteiger partial charge in [0.1, 0.15) is 0 Å². The van der Waals surface area contributed by atoms with Gasteiger partial charge in [-0.2, -0.15) is 0 Å². The van der Waals surface area contributed by atoms with E-state index in [0.29, 0.717) is 18.8 Å². The first kappa shape index (κ1) is 9.49. The van der Waals surface area contributed by atoms with Crippen LogP contribution in [0.5, 0.6) is 0 Å². The van der Waals surface area contributed by atoms with Gasteiger partial charge in [-0.15, -0.1) is 0 Å². The van der Waals surface area contributed by atoms with Gasteiger partial charge in [0, 0.05) is 6.42 Å². The van der Waals surface area contributed by atoms with Crippen LogP contribution >= 0.6 is 0 Å². The number of hydrogen-bond donors (Lipinski definition) is 1. The van der Waals surface area contributed by atoms with Crippen LogP contribution in [0.2, 0.25) is 0 Å². The Hall–Kier alpha value is -1.06. The van der Waals surface area contributed by atoms with Gasteiger partial charge >= 0.3 is 11.9 Å². The molecule has 2 aliphatic rings. The number of ether oxygens (including phenoxy) is 1. The molecule has 14 heavy (non-hydrogen) atoms. The van der Waals surface area contributed by atoms with Gasteiger partial charge in [-0.1, -0.05) is 6.92 Å². The largest absolute Gasteiger partial charge is 0.478 e. The van der Waals surface area contributed by atoms with Crippen molar-refractivity contribution in [1.29, 1.82) is 0 Å². The highest BCUT2D eigenvalue weighted by Crippen LogP contribution is 2.47. The molecular weight excluding hydrogens is 184 g/mol. The van der Waals surface area contributed by atoms with Crippen LogP contribution < -0.4 is 0 Å². The van der Waals surface area contributed by atoms with Crippen molar-refractivity contribution in [2.45, 2.75) is 38.2 Å². The molecule has 2 fully saturated rings. The molecule has 4 nitrogen and oxygen atoms in total. The minimum atomic E-state index is -1.23. The van der Waals surface area contributed by atoms with E-state index in [2.05, 4.69) is 0 Å². The maximum Gasteiger partial charge on any atom is 0.348 e. The van der Waals surface area contributed by atoms with E-state index in [-0.39, 0.29) is 11.9 Å². The number of carbonyl (C=O) groups excluding carboxylic acids is 1. The van der Waals surface area contributed by atoms with Crippen molar-refractivity contribution in [3.63, 3.8) is 0 Å². The number of rotatable bonds is 3. The average Bonchev–Trinajstić information content (AvgIpc) is 2.91. The van der Waals surface area contributed by atoms with Crippen LogP contribution in [0.1, 0.15) is 32.6 Å². The molecule has 0 aromatic rings. The molecule has 0 aromatic carbocycles. The van der Waals surface area contributed by atoms with Gasteiger partial charge in [0.05, 0.1) is 5.92 Å². The second kappa shape index (κ2) is 2.97. The van der Waals surface area contributed by atoms with E-state index in [0.717, 1.165) is 12.8 Å². The monoisotopic (exact) mass is 198 g/mol. The molecule has 1 aliphatic heterocycles. The van der Waals surface area contributed by atoms with E-state index >= 15 is 0 Å². The summed E-state index contributed by atoms with van der Waals surface area (Å²) < 4.78 is 5.04. The van der Waals surface area contributed by atoms with Crippen LogP contribution in [-0.2, 0) is 14.3 Å². The molecule has 0 aromatic heterocycles. The normalized spacial score (nSPS) is 36.9. The average molecular weight is 198 g/mol. The molecule has 78 valence electrons. The molecule has 1 saturated carbocycles. The van der Waals surface area contributed by atoms with E-state index < -0.39 is 11.6 Å². The van der Waals surface area contributed by atoms with Crippen LogP contribution in [0.15, 0.2) is 0 Å². The lowest BCUT2D eigenvalue weighted by molar-refractivity contribution is -0.170. The number of hydrogen-bond acceptors (Lipinski definition) is 3. The first-order valence-electron chi connectivity index (χ1n) is 5.05. The van der Waals surface area contributed by atoms with Crippen molar-refractivity contribution in [1.82, 2.24) is 0 Å². The quantitative estimate of drug-likeness (QED) is 0.692. The second-order valence-electron chi connectivity index (χ2n) is 4.22. The summed E-state index contributed by atoms with van der Waals surface area (Å²) in [6.07, 6.45) is 2.80. The van der Waals surface area contributed by atoms with Crippen LogP contribution in [0.25, 0.3) is 0 Å². The molecule has 0 spiro atoms. The van der Waals surface area contributed by atoms with Gasteiger partial charge in [-0.3, -0.25) is 4.79 Å². The number of cyclic esters (lactones) is 1. The van der Waals surface area contributed by atoms with E-state index in [1.807, 2.05) is 0 Å². The van der Waals surface area contributed by atoms with Crippen LogP contribution in [-0.4, -0.2) is 22.6 Å². The maximum absolute atomic E-state index is 11.4. The highest BCUT2D eigenvalue weighted by molar-refractivity contribution is 5.87. The highest BCUT2D eigenvalue weighted by Gasteiger charge is 2.55. The third-order valence-electron chi connectivity index (χ3n) is 3.30. The van der Waals surface area contributed by atoms with Crippen molar-refractivity contribution in [3.8, 4) is 0 Å². The lowest BCUT2D eigenvalue weighted by atomic mass is 9.89. The summed E-state index contributed by atoms with van der Waals surface area (Å²) in [6.45, 7) is 1.75. The third-order valence-corrected chi connectivity index (χ3v) is 3.30. The van der Waals surface area contributed by atoms with Crippen LogP contribution in [0.4, 0.5) is 0 Å². The standard InChI is InChI=1S/C10H14O4/c1-2-10(9(12)13)5-7(6-3-4-6)8(11)14-10/h6-7H,2-5H2,1H3,(H,12,13). The Kier molecular flexibility index (Phi) is 2.01. The molecule has 1 aliphatic carbocycles. The van der Waals surface area contributed by atoms with Gasteiger partial charge in [0.15, 0.2) is 0 Å². The van der Waals surface area contributed by atoms with Crippen molar-refractivity contribution in [2.24, 2.45) is 11.8 Å². The Balaban J connectivity index is 2.16. The van der Waals surface area contributed by atoms with Crippen molar-refractivity contribution >= 4 is 11.9 Å². The van der Waals surface area contributed by atoms with Gasteiger partial charge in [0.2, 0.25) is 5.60 Å². The molecule has 2 atom stereocenters. The molecule has 2 unspecified atom stereocenters. The molecule has 0 radical (unpaired) electrons. The zero-order valence-electron chi connectivity index (χ0n) is 8.16. The SMILES string of the molecule is CCC1(C(=O)O)CC(C2CC2)C(=O)O1. The van der Waals surface area contributed by atoms with Gasteiger partial charge in [-0.25, -0.2) is 4.79 Å². The van der Waals surface area contributed by atoms with Gasteiger partial charge < -0.3 is 9.84 Å². The predicted molar refractivity (Wildman–Crippen MR) is 47.6 cm³/mol. The molecule has 0 bridgehead atoms. The summed E-state index contributed by atoms with van der Waals surface area (Å²) in [5.41, 5.74) is -1.23. The fraction of sp³-hybridized carbons (Fsp3) is 0.800. The number of esters is 1. The minimum absolute atomic E-state index is 0.161. The van der Waals surface area contributed by atoms with Crippen molar-refractivity contribution in [3.05, 3.63) is 0 Å². The van der Waals surface area contributed by atoms with Crippen molar-refractivity contribution in [2.75, 3.05) is 0 Å². The topological polar surface area (TPSA) is 63.6 Å². The number of carboxylic acid groups (broad SMARTS) is 1. The van der Waals surface area contributed by atoms with E-state index in [4.69, 9.17) is 9.84 Å². The number of carboxylic acids is 1. The molecule has 1 N–H and O–H groups in total. The Bertz CT molecular complexity index is 282. The van der Waals surface area contributed by atoms with E-state index in [9.17, 15) is 9.59 Å². The molecule has 1 saturated heterocycles. The first-order chi connectivity index (χ1) is 6.59. The predicted octanol–water partition coefficient (Wildman–Crippen LogP) is 1.19. The number of carbonyl (C=O) groups is 2. The minimum Gasteiger partial charge on any atom is -0.478 e. The zero-order chi connectivity index (χ0) is 10.3. The lowest BCUT2D eigenvalue weighted by Gasteiger charge is -2.20. The molecule has 4 heteroatoms. The Morgan fingerprint density at radius 2 is 2.29 bits per heavy atom. The van der Waals surface area contributed by atoms with Crippen molar-refractivity contribution < 1.29 is 19.4 Å². The Morgan fingerprint density at radius 1 is 1.64 bits per heavy atom. The fourth-order valence-corrected chi connectivity index (χ4v) is 2.10. The van der Waals surface area contributed by atoms with Crippen LogP contribution in [0.3, 0.4) is 0 Å². The molecule has 2 rings (SSSR count). The summed E-state index contributed by atoms with van der Waals surface area (Å²) >= 11 is 0. The smallest absolute Gasteiger partial charge is 0.348 e. The van der Waals surface area contributed by atoms with E-state index in [1.54, 1.807) is 6.92 Å². The molecular formula is C10H14O4. The molecule has 0 amide bonds. The molecule has 1 heterocycles. The van der Waals surface area contributed by atoms with E-state index in [1.165, 1.54) is 0 Å². The third kappa shape index (κ3) is 1.29. The fourth-order valence-electron chi connectivity index (χ4n) is 2.10. The summed E-state index contributed by atoms with van der Waals surface area (Å²) in [5, 5.41) is 9.02.